The molecule has 0 aliphatic heterocycles. The fourth-order valence-electron chi connectivity index (χ4n) is 2.02. The first-order valence-electron chi connectivity index (χ1n) is 6.32. The van der Waals surface area contributed by atoms with Gasteiger partial charge in [0, 0.05) is 31.4 Å². The molecule has 0 aromatic carbocycles. The van der Waals surface area contributed by atoms with Gasteiger partial charge in [-0.15, -0.1) is 11.3 Å². The number of aromatic nitrogens is 2. The molecule has 2 aromatic heterocycles. The van der Waals surface area contributed by atoms with Crippen molar-refractivity contribution >= 4 is 37.3 Å². The van der Waals surface area contributed by atoms with E-state index >= 15 is 0 Å². The van der Waals surface area contributed by atoms with Crippen LogP contribution in [0.4, 0.5) is 0 Å². The summed E-state index contributed by atoms with van der Waals surface area (Å²) in [6.07, 6.45) is 6.06. The maximum Gasteiger partial charge on any atom is 0.250 e. The standard InChI is InChI=1S/C12H14BrN3O2S2/c13-10-3-4-11(19-10)20(17,18)15-6-8-16-7-5-14-12(16)9-1-2-9/h3-5,7,9,15H,1-2,6,8H2. The average Bonchev–Trinajstić information content (AvgIpc) is 2.96. The molecule has 0 unspecified atom stereocenters. The minimum atomic E-state index is -3.41. The van der Waals surface area contributed by atoms with Gasteiger partial charge in [-0.05, 0) is 40.9 Å². The van der Waals surface area contributed by atoms with Crippen molar-refractivity contribution in [1.29, 1.82) is 0 Å². The molecule has 1 saturated carbocycles. The zero-order valence-corrected chi connectivity index (χ0v) is 13.8. The smallest absolute Gasteiger partial charge is 0.250 e. The number of thiophene rings is 1. The summed E-state index contributed by atoms with van der Waals surface area (Å²) >= 11 is 4.48. The van der Waals surface area contributed by atoms with Crippen LogP contribution in [-0.4, -0.2) is 24.5 Å². The fourth-order valence-corrected chi connectivity index (χ4v) is 5.10. The summed E-state index contributed by atoms with van der Waals surface area (Å²) in [5, 5.41) is 0. The molecule has 1 N–H and O–H groups in total. The lowest BCUT2D eigenvalue weighted by atomic mass is 10.4. The summed E-state index contributed by atoms with van der Waals surface area (Å²) in [7, 11) is -3.41. The predicted molar refractivity (Wildman–Crippen MR) is 81.4 cm³/mol. The SMILES string of the molecule is O=S(=O)(NCCn1ccnc1C1CC1)c1ccc(Br)s1. The highest BCUT2D eigenvalue weighted by Crippen LogP contribution is 2.38. The van der Waals surface area contributed by atoms with Gasteiger partial charge in [0.15, 0.2) is 0 Å². The molecule has 0 spiro atoms. The van der Waals surface area contributed by atoms with Gasteiger partial charge in [-0.25, -0.2) is 18.1 Å². The highest BCUT2D eigenvalue weighted by atomic mass is 79.9. The van der Waals surface area contributed by atoms with Crippen LogP contribution in [0, 0.1) is 0 Å². The van der Waals surface area contributed by atoms with E-state index in [-0.39, 0.29) is 0 Å². The zero-order chi connectivity index (χ0) is 14.2. The average molecular weight is 376 g/mol. The van der Waals surface area contributed by atoms with E-state index in [2.05, 4.69) is 25.6 Å². The lowest BCUT2D eigenvalue weighted by molar-refractivity contribution is 0.571. The van der Waals surface area contributed by atoms with Crippen molar-refractivity contribution in [2.24, 2.45) is 0 Å². The van der Waals surface area contributed by atoms with Gasteiger partial charge in [0.05, 0.1) is 3.79 Å². The van der Waals surface area contributed by atoms with Gasteiger partial charge in [-0.2, -0.15) is 0 Å². The number of halogens is 1. The molecule has 8 heteroatoms. The molecule has 2 heterocycles. The Labute approximate surface area is 130 Å². The van der Waals surface area contributed by atoms with Crippen LogP contribution in [0.25, 0.3) is 0 Å². The molecule has 0 radical (unpaired) electrons. The Kier molecular flexibility index (Phi) is 3.98. The lowest BCUT2D eigenvalue weighted by Crippen LogP contribution is -2.27. The molecule has 0 bridgehead atoms. The second kappa shape index (κ2) is 5.59. The first-order valence-corrected chi connectivity index (χ1v) is 9.41. The quantitative estimate of drug-likeness (QED) is 0.843. The maximum absolute atomic E-state index is 12.1. The van der Waals surface area contributed by atoms with Gasteiger partial charge in [0.2, 0.25) is 10.0 Å². The summed E-state index contributed by atoms with van der Waals surface area (Å²) in [6, 6.07) is 3.34. The van der Waals surface area contributed by atoms with Gasteiger partial charge in [-0.1, -0.05) is 0 Å². The second-order valence-corrected chi connectivity index (χ2v) is 9.17. The molecular formula is C12H14BrN3O2S2. The van der Waals surface area contributed by atoms with E-state index in [1.165, 1.54) is 24.2 Å². The molecule has 1 fully saturated rings. The number of nitrogens with zero attached hydrogens (tertiary/aromatic N) is 2. The van der Waals surface area contributed by atoms with E-state index in [4.69, 9.17) is 0 Å². The Morgan fingerprint density at radius 1 is 1.45 bits per heavy atom. The molecule has 0 atom stereocenters. The van der Waals surface area contributed by atoms with Crippen LogP contribution in [0.2, 0.25) is 0 Å². The minimum absolute atomic E-state index is 0.331. The van der Waals surface area contributed by atoms with Crippen LogP contribution in [0.5, 0.6) is 0 Å². The van der Waals surface area contributed by atoms with Gasteiger partial charge < -0.3 is 4.57 Å². The molecule has 20 heavy (non-hydrogen) atoms. The van der Waals surface area contributed by atoms with Crippen molar-refractivity contribution in [3.8, 4) is 0 Å². The highest BCUT2D eigenvalue weighted by molar-refractivity contribution is 9.11. The third-order valence-corrected chi connectivity index (χ3v) is 6.72. The zero-order valence-electron chi connectivity index (χ0n) is 10.6. The maximum atomic E-state index is 12.1. The molecule has 0 saturated heterocycles. The number of imidazole rings is 1. The van der Waals surface area contributed by atoms with E-state index in [1.807, 2.05) is 10.8 Å². The molecule has 108 valence electrons. The normalized spacial score (nSPS) is 15.7. The summed E-state index contributed by atoms with van der Waals surface area (Å²) < 4.78 is 29.9. The second-order valence-electron chi connectivity index (χ2n) is 4.71. The van der Waals surface area contributed by atoms with Crippen molar-refractivity contribution in [2.45, 2.75) is 29.5 Å². The fraction of sp³-hybridized carbons (Fsp3) is 0.417. The van der Waals surface area contributed by atoms with Crippen LogP contribution in [0.15, 0.2) is 32.5 Å². The minimum Gasteiger partial charge on any atom is -0.333 e. The van der Waals surface area contributed by atoms with E-state index in [0.29, 0.717) is 23.2 Å². The van der Waals surface area contributed by atoms with Crippen molar-refractivity contribution < 1.29 is 8.42 Å². The van der Waals surface area contributed by atoms with Crippen molar-refractivity contribution in [3.05, 3.63) is 34.1 Å². The molecule has 2 aromatic rings. The molecule has 1 aliphatic carbocycles. The third kappa shape index (κ3) is 3.13. The van der Waals surface area contributed by atoms with Gasteiger partial charge in [-0.3, -0.25) is 0 Å². The van der Waals surface area contributed by atoms with Crippen LogP contribution in [-0.2, 0) is 16.6 Å². The Hall–Kier alpha value is -0.700. The summed E-state index contributed by atoms with van der Waals surface area (Å²) in [5.74, 6) is 1.64. The number of rotatable bonds is 6. The van der Waals surface area contributed by atoms with Crippen molar-refractivity contribution in [2.75, 3.05) is 6.54 Å². The molecular weight excluding hydrogens is 362 g/mol. The number of nitrogens with one attached hydrogen (secondary N) is 1. The Bertz CT molecular complexity index is 704. The molecule has 3 rings (SSSR count). The van der Waals surface area contributed by atoms with Crippen LogP contribution < -0.4 is 4.72 Å². The van der Waals surface area contributed by atoms with E-state index in [0.717, 1.165) is 9.61 Å². The Balaban J connectivity index is 1.60. The van der Waals surface area contributed by atoms with E-state index in [9.17, 15) is 8.42 Å². The largest absolute Gasteiger partial charge is 0.333 e. The van der Waals surface area contributed by atoms with Crippen LogP contribution in [0.3, 0.4) is 0 Å². The van der Waals surface area contributed by atoms with E-state index in [1.54, 1.807) is 18.3 Å². The lowest BCUT2D eigenvalue weighted by Gasteiger charge is -2.08. The monoisotopic (exact) mass is 375 g/mol. The van der Waals surface area contributed by atoms with Crippen LogP contribution in [0.1, 0.15) is 24.6 Å². The number of sulfonamides is 1. The highest BCUT2D eigenvalue weighted by Gasteiger charge is 2.27. The topological polar surface area (TPSA) is 64.0 Å². The molecule has 5 nitrogen and oxygen atoms in total. The third-order valence-electron chi connectivity index (χ3n) is 3.15. The number of hydrogen-bond donors (Lipinski definition) is 1. The summed E-state index contributed by atoms with van der Waals surface area (Å²) in [4.78, 5) is 4.34. The van der Waals surface area contributed by atoms with Gasteiger partial charge >= 0.3 is 0 Å². The van der Waals surface area contributed by atoms with E-state index < -0.39 is 10.0 Å². The van der Waals surface area contributed by atoms with Crippen molar-refractivity contribution in [3.63, 3.8) is 0 Å². The number of hydrogen-bond acceptors (Lipinski definition) is 4. The molecule has 1 aliphatic rings. The first-order chi connectivity index (χ1) is 9.56. The Morgan fingerprint density at radius 3 is 2.90 bits per heavy atom. The predicted octanol–water partition coefficient (Wildman–Crippen LogP) is 2.56. The summed E-state index contributed by atoms with van der Waals surface area (Å²) in [6.45, 7) is 0.978. The van der Waals surface area contributed by atoms with Crippen molar-refractivity contribution in [1.82, 2.24) is 14.3 Å². The van der Waals surface area contributed by atoms with Crippen LogP contribution >= 0.6 is 27.3 Å². The summed E-state index contributed by atoms with van der Waals surface area (Å²) in [5.41, 5.74) is 0. The van der Waals surface area contributed by atoms with Gasteiger partial charge in [0.1, 0.15) is 10.0 Å². The van der Waals surface area contributed by atoms with Gasteiger partial charge in [0.25, 0.3) is 0 Å². The molecule has 0 amide bonds. The first kappa shape index (κ1) is 14.2. The Morgan fingerprint density at radius 2 is 2.25 bits per heavy atom.